The molecule has 0 saturated carbocycles. The molecule has 36 heavy (non-hydrogen) atoms. The van der Waals surface area contributed by atoms with Gasteiger partial charge < -0.3 is 5.11 Å². The SMILES string of the molecule is CC(C(=O)NNc1ncccn1)n1cc(-c2cc(F)cc3c2-c2ccccc2C3(O)C(F)(F)F)cn1. The number of aromatic nitrogens is 4. The highest BCUT2D eigenvalue weighted by molar-refractivity contribution is 5.92. The summed E-state index contributed by atoms with van der Waals surface area (Å²) >= 11 is 0. The van der Waals surface area contributed by atoms with E-state index in [1.54, 1.807) is 13.0 Å². The van der Waals surface area contributed by atoms with Crippen molar-refractivity contribution in [1.82, 2.24) is 25.2 Å². The van der Waals surface area contributed by atoms with E-state index in [1.165, 1.54) is 53.7 Å². The first-order valence-electron chi connectivity index (χ1n) is 10.7. The number of anilines is 1. The molecule has 2 atom stereocenters. The number of carbonyl (C=O) groups is 1. The average molecular weight is 498 g/mol. The largest absolute Gasteiger partial charge is 0.425 e. The van der Waals surface area contributed by atoms with Crippen molar-refractivity contribution in [2.75, 3.05) is 5.43 Å². The quantitative estimate of drug-likeness (QED) is 0.284. The second kappa shape index (κ2) is 8.41. The van der Waals surface area contributed by atoms with Gasteiger partial charge in [-0.25, -0.2) is 14.4 Å². The Morgan fingerprint density at radius 3 is 2.53 bits per heavy atom. The molecule has 3 N–H and O–H groups in total. The van der Waals surface area contributed by atoms with E-state index in [0.717, 1.165) is 6.07 Å². The number of hydrogen-bond acceptors (Lipinski definition) is 6. The maximum atomic E-state index is 14.6. The summed E-state index contributed by atoms with van der Waals surface area (Å²) in [5, 5.41) is 15.0. The zero-order valence-corrected chi connectivity index (χ0v) is 18.6. The van der Waals surface area contributed by atoms with E-state index in [2.05, 4.69) is 25.9 Å². The van der Waals surface area contributed by atoms with Crippen LogP contribution in [0.2, 0.25) is 0 Å². The summed E-state index contributed by atoms with van der Waals surface area (Å²) in [6.07, 6.45) is 0.623. The molecule has 2 unspecified atom stereocenters. The molecule has 1 amide bonds. The predicted molar refractivity (Wildman–Crippen MR) is 121 cm³/mol. The number of rotatable bonds is 5. The maximum absolute atomic E-state index is 14.6. The Bertz CT molecular complexity index is 1460. The third kappa shape index (κ3) is 3.66. The van der Waals surface area contributed by atoms with Crippen LogP contribution in [0.25, 0.3) is 22.3 Å². The van der Waals surface area contributed by atoms with Crippen LogP contribution < -0.4 is 10.9 Å². The summed E-state index contributed by atoms with van der Waals surface area (Å²) in [6, 6.07) is 8.07. The number of nitrogens with one attached hydrogen (secondary N) is 2. The zero-order valence-electron chi connectivity index (χ0n) is 18.6. The Kier molecular flexibility index (Phi) is 5.47. The van der Waals surface area contributed by atoms with Crippen molar-refractivity contribution in [1.29, 1.82) is 0 Å². The molecular formula is C24H18F4N6O2. The van der Waals surface area contributed by atoms with Crippen molar-refractivity contribution in [3.63, 3.8) is 0 Å². The van der Waals surface area contributed by atoms with Crippen molar-refractivity contribution in [3.05, 3.63) is 84.2 Å². The first-order valence-corrected chi connectivity index (χ1v) is 10.7. The van der Waals surface area contributed by atoms with E-state index in [0.29, 0.717) is 6.07 Å². The number of carbonyl (C=O) groups excluding carboxylic acids is 1. The summed E-state index contributed by atoms with van der Waals surface area (Å²) in [4.78, 5) is 20.4. The van der Waals surface area contributed by atoms with Crippen LogP contribution in [0.1, 0.15) is 24.1 Å². The minimum absolute atomic E-state index is 0.0476. The van der Waals surface area contributed by atoms with Crippen LogP contribution in [0.4, 0.5) is 23.5 Å². The van der Waals surface area contributed by atoms with Crippen molar-refractivity contribution < 1.29 is 27.5 Å². The average Bonchev–Trinajstić information content (AvgIpc) is 3.45. The number of aliphatic hydroxyl groups is 1. The monoisotopic (exact) mass is 498 g/mol. The molecule has 4 aromatic rings. The summed E-state index contributed by atoms with van der Waals surface area (Å²) < 4.78 is 58.3. The lowest BCUT2D eigenvalue weighted by Crippen LogP contribution is -2.41. The molecule has 2 heterocycles. The number of fused-ring (bicyclic) bond motifs is 3. The van der Waals surface area contributed by atoms with Gasteiger partial charge in [0.1, 0.15) is 11.9 Å². The Labute approximate surface area is 201 Å². The smallest absolute Gasteiger partial charge is 0.372 e. The molecule has 8 nitrogen and oxygen atoms in total. The lowest BCUT2D eigenvalue weighted by atomic mass is 9.89. The van der Waals surface area contributed by atoms with Gasteiger partial charge in [-0.1, -0.05) is 24.3 Å². The minimum Gasteiger partial charge on any atom is -0.372 e. The fourth-order valence-electron chi connectivity index (χ4n) is 4.27. The van der Waals surface area contributed by atoms with Crippen LogP contribution in [0, 0.1) is 5.82 Å². The molecule has 0 spiro atoms. The summed E-state index contributed by atoms with van der Waals surface area (Å²) in [7, 11) is 0. The molecule has 0 aliphatic heterocycles. The minimum atomic E-state index is -5.09. The van der Waals surface area contributed by atoms with Gasteiger partial charge >= 0.3 is 6.18 Å². The molecule has 0 radical (unpaired) electrons. The highest BCUT2D eigenvalue weighted by atomic mass is 19.4. The van der Waals surface area contributed by atoms with Gasteiger partial charge in [-0.3, -0.25) is 20.3 Å². The van der Waals surface area contributed by atoms with E-state index >= 15 is 0 Å². The van der Waals surface area contributed by atoms with Crippen LogP contribution >= 0.6 is 0 Å². The second-order valence-electron chi connectivity index (χ2n) is 8.20. The maximum Gasteiger partial charge on any atom is 0.425 e. The van der Waals surface area contributed by atoms with Crippen LogP contribution in [0.15, 0.2) is 67.3 Å². The molecular weight excluding hydrogens is 480 g/mol. The van der Waals surface area contributed by atoms with Crippen LogP contribution in [0.3, 0.4) is 0 Å². The number of alkyl halides is 3. The van der Waals surface area contributed by atoms with Gasteiger partial charge in [-0.2, -0.15) is 18.3 Å². The third-order valence-electron chi connectivity index (χ3n) is 6.04. The van der Waals surface area contributed by atoms with Crippen molar-refractivity contribution in [2.45, 2.75) is 24.7 Å². The Hall–Kier alpha value is -4.32. The molecule has 2 aromatic heterocycles. The zero-order chi connectivity index (χ0) is 25.7. The van der Waals surface area contributed by atoms with E-state index in [4.69, 9.17) is 0 Å². The number of halogens is 4. The Balaban J connectivity index is 1.52. The molecule has 1 aliphatic carbocycles. The molecule has 12 heteroatoms. The summed E-state index contributed by atoms with van der Waals surface area (Å²) in [6.45, 7) is 1.55. The van der Waals surface area contributed by atoms with Crippen LogP contribution in [-0.4, -0.2) is 36.9 Å². The molecule has 0 fully saturated rings. The van der Waals surface area contributed by atoms with E-state index in [9.17, 15) is 27.5 Å². The topological polar surface area (TPSA) is 105 Å². The van der Waals surface area contributed by atoms with Crippen molar-refractivity contribution >= 4 is 11.9 Å². The lowest BCUT2D eigenvalue weighted by molar-refractivity contribution is -0.246. The fourth-order valence-corrected chi connectivity index (χ4v) is 4.27. The normalized spacial score (nSPS) is 17.3. The first kappa shape index (κ1) is 23.4. The molecule has 1 aliphatic rings. The predicted octanol–water partition coefficient (Wildman–Crippen LogP) is 3.96. The molecule has 0 bridgehead atoms. The molecule has 0 saturated heterocycles. The van der Waals surface area contributed by atoms with Gasteiger partial charge in [0.15, 0.2) is 0 Å². The van der Waals surface area contributed by atoms with E-state index in [1.807, 2.05) is 0 Å². The van der Waals surface area contributed by atoms with Crippen molar-refractivity contribution in [2.24, 2.45) is 0 Å². The molecule has 184 valence electrons. The number of amides is 1. The van der Waals surface area contributed by atoms with Gasteiger partial charge in [0, 0.05) is 35.3 Å². The Morgan fingerprint density at radius 1 is 1.08 bits per heavy atom. The number of nitrogens with zero attached hydrogens (tertiary/aromatic N) is 4. The highest BCUT2D eigenvalue weighted by Crippen LogP contribution is 2.57. The van der Waals surface area contributed by atoms with Crippen LogP contribution in [-0.2, 0) is 10.4 Å². The summed E-state index contributed by atoms with van der Waals surface area (Å²) in [5.74, 6) is -1.28. The van der Waals surface area contributed by atoms with Gasteiger partial charge in [-0.05, 0) is 41.8 Å². The third-order valence-corrected chi connectivity index (χ3v) is 6.04. The van der Waals surface area contributed by atoms with Crippen molar-refractivity contribution in [3.8, 4) is 22.3 Å². The standard InChI is InChI=1S/C24H18F4N6O2/c1-13(21(35)32-33-22-29-7-4-8-30-22)34-12-14(11-31-34)17-9-15(25)10-19-20(17)16-5-2-3-6-18(16)23(19,36)24(26,27)28/h2-13,36H,1H3,(H,32,35)(H,29,30,33). The lowest BCUT2D eigenvalue weighted by Gasteiger charge is -2.28. The van der Waals surface area contributed by atoms with Gasteiger partial charge in [0.05, 0.1) is 6.20 Å². The second-order valence-corrected chi connectivity index (χ2v) is 8.20. The Morgan fingerprint density at radius 2 is 1.81 bits per heavy atom. The van der Waals surface area contributed by atoms with Gasteiger partial charge in [0.2, 0.25) is 11.5 Å². The van der Waals surface area contributed by atoms with E-state index < -0.39 is 35.1 Å². The first-order chi connectivity index (χ1) is 17.1. The van der Waals surface area contributed by atoms with Gasteiger partial charge in [-0.15, -0.1) is 0 Å². The van der Waals surface area contributed by atoms with E-state index in [-0.39, 0.29) is 33.8 Å². The summed E-state index contributed by atoms with van der Waals surface area (Å²) in [5.41, 5.74) is 1.21. The number of hydrogen-bond donors (Lipinski definition) is 3. The van der Waals surface area contributed by atoms with Gasteiger partial charge in [0.25, 0.3) is 5.91 Å². The number of benzene rings is 2. The molecule has 2 aromatic carbocycles. The van der Waals surface area contributed by atoms with Crippen LogP contribution in [0.5, 0.6) is 0 Å². The fraction of sp³-hybridized carbons (Fsp3) is 0.167. The highest BCUT2D eigenvalue weighted by Gasteiger charge is 2.61. The molecule has 5 rings (SSSR count). The number of hydrazine groups is 1.